The Bertz CT molecular complexity index is 551. The van der Waals surface area contributed by atoms with Gasteiger partial charge in [0.2, 0.25) is 0 Å². The largest absolute Gasteiger partial charge is 0.377 e. The van der Waals surface area contributed by atoms with Gasteiger partial charge in [-0.05, 0) is 59.7 Å². The van der Waals surface area contributed by atoms with Gasteiger partial charge in [0.1, 0.15) is 0 Å². The molecule has 2 rings (SSSR count). The summed E-state index contributed by atoms with van der Waals surface area (Å²) in [4.78, 5) is 0. The molecule has 0 spiro atoms. The standard InChI is InChI=1S/C16H17ClIN/c1-3-15(12-6-4-11(2)5-7-12)19-16-9-8-13(18)10-14(16)17/h4-10,15,19H,3H2,1-2H3. The van der Waals surface area contributed by atoms with Crippen molar-refractivity contribution in [3.8, 4) is 0 Å². The van der Waals surface area contributed by atoms with Crippen LogP contribution in [0.4, 0.5) is 5.69 Å². The molecule has 3 heteroatoms. The molecular weight excluding hydrogens is 369 g/mol. The van der Waals surface area contributed by atoms with Crippen molar-refractivity contribution < 1.29 is 0 Å². The maximum atomic E-state index is 6.28. The molecule has 2 aromatic carbocycles. The maximum Gasteiger partial charge on any atom is 0.0648 e. The molecule has 0 aliphatic rings. The van der Waals surface area contributed by atoms with Crippen LogP contribution >= 0.6 is 34.2 Å². The summed E-state index contributed by atoms with van der Waals surface area (Å²) in [5.74, 6) is 0. The van der Waals surface area contributed by atoms with Gasteiger partial charge in [-0.15, -0.1) is 0 Å². The molecule has 19 heavy (non-hydrogen) atoms. The fourth-order valence-electron chi connectivity index (χ4n) is 2.01. The van der Waals surface area contributed by atoms with E-state index in [4.69, 9.17) is 11.6 Å². The van der Waals surface area contributed by atoms with E-state index >= 15 is 0 Å². The van der Waals surface area contributed by atoms with Crippen molar-refractivity contribution >= 4 is 39.9 Å². The number of anilines is 1. The summed E-state index contributed by atoms with van der Waals surface area (Å²) in [5, 5.41) is 4.30. The molecule has 0 aromatic heterocycles. The number of rotatable bonds is 4. The van der Waals surface area contributed by atoms with Crippen LogP contribution < -0.4 is 5.32 Å². The Hall–Kier alpha value is -0.740. The SMILES string of the molecule is CCC(Nc1ccc(I)cc1Cl)c1ccc(C)cc1. The summed E-state index contributed by atoms with van der Waals surface area (Å²) in [5.41, 5.74) is 3.57. The van der Waals surface area contributed by atoms with Gasteiger partial charge in [0.25, 0.3) is 0 Å². The minimum atomic E-state index is 0.290. The minimum absolute atomic E-state index is 0.290. The van der Waals surface area contributed by atoms with Crippen LogP contribution in [0.25, 0.3) is 0 Å². The lowest BCUT2D eigenvalue weighted by molar-refractivity contribution is 0.749. The van der Waals surface area contributed by atoms with Crippen LogP contribution in [0.3, 0.4) is 0 Å². The molecule has 0 aliphatic heterocycles. The second kappa shape index (κ2) is 6.62. The number of hydrogen-bond acceptors (Lipinski definition) is 1. The van der Waals surface area contributed by atoms with E-state index in [2.05, 4.69) is 72.1 Å². The van der Waals surface area contributed by atoms with E-state index in [1.54, 1.807) is 0 Å². The summed E-state index contributed by atoms with van der Waals surface area (Å²) in [6.45, 7) is 4.28. The zero-order valence-corrected chi connectivity index (χ0v) is 14.0. The summed E-state index contributed by atoms with van der Waals surface area (Å²) < 4.78 is 1.15. The highest BCUT2D eigenvalue weighted by atomic mass is 127. The molecule has 0 saturated heterocycles. The highest BCUT2D eigenvalue weighted by molar-refractivity contribution is 14.1. The van der Waals surface area contributed by atoms with E-state index in [1.165, 1.54) is 11.1 Å². The van der Waals surface area contributed by atoms with E-state index in [0.717, 1.165) is 20.7 Å². The van der Waals surface area contributed by atoms with Crippen molar-refractivity contribution in [2.75, 3.05) is 5.32 Å². The van der Waals surface area contributed by atoms with Gasteiger partial charge >= 0.3 is 0 Å². The molecule has 1 atom stereocenters. The zero-order chi connectivity index (χ0) is 13.8. The molecule has 0 radical (unpaired) electrons. The predicted octanol–water partition coefficient (Wildman–Crippen LogP) is 5.82. The van der Waals surface area contributed by atoms with Crippen molar-refractivity contribution in [1.82, 2.24) is 0 Å². The first-order chi connectivity index (χ1) is 9.10. The van der Waals surface area contributed by atoms with Crippen LogP contribution in [0.15, 0.2) is 42.5 Å². The first-order valence-corrected chi connectivity index (χ1v) is 7.84. The Morgan fingerprint density at radius 1 is 1.16 bits per heavy atom. The van der Waals surface area contributed by atoms with Crippen molar-refractivity contribution in [1.29, 1.82) is 0 Å². The Kier molecular flexibility index (Phi) is 5.11. The van der Waals surface area contributed by atoms with Crippen LogP contribution in [0.5, 0.6) is 0 Å². The number of aryl methyl sites for hydroxylation is 1. The lowest BCUT2D eigenvalue weighted by Gasteiger charge is -2.20. The van der Waals surface area contributed by atoms with E-state index in [0.29, 0.717) is 0 Å². The average Bonchev–Trinajstić information content (AvgIpc) is 2.39. The first kappa shape index (κ1) is 14.7. The third-order valence-electron chi connectivity index (χ3n) is 3.15. The Balaban J connectivity index is 2.21. The van der Waals surface area contributed by atoms with Crippen LogP contribution in [0, 0.1) is 10.5 Å². The Labute approximate surface area is 133 Å². The number of hydrogen-bond donors (Lipinski definition) is 1. The van der Waals surface area contributed by atoms with Crippen LogP contribution in [-0.4, -0.2) is 0 Å². The van der Waals surface area contributed by atoms with E-state index < -0.39 is 0 Å². The maximum absolute atomic E-state index is 6.28. The highest BCUT2D eigenvalue weighted by Gasteiger charge is 2.10. The van der Waals surface area contributed by atoms with Crippen LogP contribution in [-0.2, 0) is 0 Å². The summed E-state index contributed by atoms with van der Waals surface area (Å²) >= 11 is 8.54. The Morgan fingerprint density at radius 3 is 2.42 bits per heavy atom. The predicted molar refractivity (Wildman–Crippen MR) is 92.0 cm³/mol. The van der Waals surface area contributed by atoms with Crippen LogP contribution in [0.1, 0.15) is 30.5 Å². The molecule has 0 amide bonds. The third kappa shape index (κ3) is 3.86. The first-order valence-electron chi connectivity index (χ1n) is 6.38. The zero-order valence-electron chi connectivity index (χ0n) is 11.1. The van der Waals surface area contributed by atoms with E-state index in [-0.39, 0.29) is 6.04 Å². The molecule has 1 nitrogen and oxygen atoms in total. The number of benzene rings is 2. The minimum Gasteiger partial charge on any atom is -0.377 e. The molecule has 0 aliphatic carbocycles. The molecule has 0 saturated carbocycles. The van der Waals surface area contributed by atoms with Gasteiger partial charge < -0.3 is 5.32 Å². The van der Waals surface area contributed by atoms with Gasteiger partial charge in [-0.25, -0.2) is 0 Å². The smallest absolute Gasteiger partial charge is 0.0648 e. The molecule has 2 aromatic rings. The van der Waals surface area contributed by atoms with Crippen molar-refractivity contribution in [3.05, 3.63) is 62.2 Å². The molecule has 100 valence electrons. The van der Waals surface area contributed by atoms with Gasteiger partial charge in [0, 0.05) is 3.57 Å². The third-order valence-corrected chi connectivity index (χ3v) is 4.13. The number of nitrogens with one attached hydrogen (secondary N) is 1. The summed E-state index contributed by atoms with van der Waals surface area (Å²) in [6.07, 6.45) is 1.02. The molecular formula is C16H17ClIN. The fraction of sp³-hybridized carbons (Fsp3) is 0.250. The van der Waals surface area contributed by atoms with Crippen molar-refractivity contribution in [3.63, 3.8) is 0 Å². The van der Waals surface area contributed by atoms with Crippen molar-refractivity contribution in [2.24, 2.45) is 0 Å². The lowest BCUT2D eigenvalue weighted by Crippen LogP contribution is -2.10. The fourth-order valence-corrected chi connectivity index (χ4v) is 2.92. The molecule has 1 unspecified atom stereocenters. The molecule has 0 fully saturated rings. The van der Waals surface area contributed by atoms with Crippen molar-refractivity contribution in [2.45, 2.75) is 26.3 Å². The molecule has 0 heterocycles. The Morgan fingerprint density at radius 2 is 1.84 bits per heavy atom. The van der Waals surface area contributed by atoms with Gasteiger partial charge in [-0.1, -0.05) is 48.4 Å². The summed E-state index contributed by atoms with van der Waals surface area (Å²) in [7, 11) is 0. The quantitative estimate of drug-likeness (QED) is 0.654. The van der Waals surface area contributed by atoms with Crippen LogP contribution in [0.2, 0.25) is 5.02 Å². The van der Waals surface area contributed by atoms with Gasteiger partial charge in [0.05, 0.1) is 16.8 Å². The second-order valence-corrected chi connectivity index (χ2v) is 6.29. The van der Waals surface area contributed by atoms with Gasteiger partial charge in [0.15, 0.2) is 0 Å². The summed E-state index contributed by atoms with van der Waals surface area (Å²) in [6, 6.07) is 15.0. The van der Waals surface area contributed by atoms with Gasteiger partial charge in [-0.3, -0.25) is 0 Å². The normalized spacial score (nSPS) is 12.2. The molecule has 0 bridgehead atoms. The van der Waals surface area contributed by atoms with E-state index in [1.807, 2.05) is 12.1 Å². The van der Waals surface area contributed by atoms with Gasteiger partial charge in [-0.2, -0.15) is 0 Å². The number of halogens is 2. The van der Waals surface area contributed by atoms with E-state index in [9.17, 15) is 0 Å². The second-order valence-electron chi connectivity index (χ2n) is 4.64. The lowest BCUT2D eigenvalue weighted by atomic mass is 10.0. The topological polar surface area (TPSA) is 12.0 Å². The average molecular weight is 386 g/mol. The monoisotopic (exact) mass is 385 g/mol. The molecule has 1 N–H and O–H groups in total. The highest BCUT2D eigenvalue weighted by Crippen LogP contribution is 2.29.